The maximum absolute atomic E-state index is 12.4. The maximum atomic E-state index is 12.4. The van der Waals surface area contributed by atoms with Gasteiger partial charge in [0.05, 0.1) is 6.04 Å². The molecule has 0 heterocycles. The van der Waals surface area contributed by atoms with Crippen molar-refractivity contribution in [2.24, 2.45) is 11.1 Å². The molecule has 3 amide bonds. The Labute approximate surface area is 251 Å². The first-order valence-electron chi connectivity index (χ1n) is 15.0. The SMILES string of the molecule is BC(C)(CCCC(=O)N[C@@H](CCC(=O)N[C@@H](CCC(=O)NCCCC[C@H](N)C=O)C(=O)O)C(=O)O)CC(C)(C)CCC. The van der Waals surface area contributed by atoms with Crippen molar-refractivity contribution >= 4 is 43.8 Å². The molecule has 0 aromatic carbocycles. The van der Waals surface area contributed by atoms with E-state index in [1.807, 2.05) is 0 Å². The third kappa shape index (κ3) is 19.2. The number of carboxylic acid groups (broad SMARTS) is 2. The van der Waals surface area contributed by atoms with E-state index in [1.165, 1.54) is 0 Å². The fourth-order valence-electron chi connectivity index (χ4n) is 5.36. The quantitative estimate of drug-likeness (QED) is 0.0544. The van der Waals surface area contributed by atoms with Gasteiger partial charge in [-0.25, -0.2) is 9.59 Å². The molecule has 0 aliphatic rings. The molecule has 7 N–H and O–H groups in total. The predicted octanol–water partition coefficient (Wildman–Crippen LogP) is 1.70. The van der Waals surface area contributed by atoms with Gasteiger partial charge in [-0.3, -0.25) is 14.4 Å². The van der Waals surface area contributed by atoms with Crippen molar-refractivity contribution in [1.29, 1.82) is 0 Å². The van der Waals surface area contributed by atoms with Crippen LogP contribution < -0.4 is 21.7 Å². The first-order chi connectivity index (χ1) is 19.5. The minimum absolute atomic E-state index is 0.0386. The smallest absolute Gasteiger partial charge is 0.326 e. The molecule has 42 heavy (non-hydrogen) atoms. The normalized spacial score (nSPS) is 15.0. The molecule has 1 unspecified atom stereocenters. The highest BCUT2D eigenvalue weighted by Crippen LogP contribution is 2.43. The maximum Gasteiger partial charge on any atom is 0.326 e. The molecule has 0 spiro atoms. The van der Waals surface area contributed by atoms with Gasteiger partial charge in [-0.05, 0) is 56.8 Å². The number of aldehydes is 1. The molecule has 0 bridgehead atoms. The second kappa shape index (κ2) is 20.0. The summed E-state index contributed by atoms with van der Waals surface area (Å²) in [6.45, 7) is 9.18. The molecule has 0 rings (SSSR count). The lowest BCUT2D eigenvalue weighted by Gasteiger charge is -2.35. The third-order valence-electron chi connectivity index (χ3n) is 7.19. The van der Waals surface area contributed by atoms with Gasteiger partial charge in [0, 0.05) is 25.8 Å². The number of amides is 3. The van der Waals surface area contributed by atoms with Gasteiger partial charge in [0.25, 0.3) is 0 Å². The molecule has 0 saturated carbocycles. The van der Waals surface area contributed by atoms with Crippen molar-refractivity contribution in [1.82, 2.24) is 16.0 Å². The summed E-state index contributed by atoms with van der Waals surface area (Å²) in [5.41, 5.74) is 5.70. The monoisotopic (exact) mass is 596 g/mol. The highest BCUT2D eigenvalue weighted by molar-refractivity contribution is 6.14. The standard InChI is InChI=1S/C29H53BN4O8/c1-5-15-28(2,3)19-29(4,30)16-8-10-24(37)33-22(27(41)42)12-14-25(38)34-21(26(39)40)11-13-23(36)32-17-7-6-9-20(31)18-35/h18,20-22H,5-17,19,30-31H2,1-4H3,(H,32,36)(H,33,37)(H,34,38)(H,39,40)(H,41,42)/t20-,21-,22-,29?/m0/s1. The third-order valence-corrected chi connectivity index (χ3v) is 7.19. The van der Waals surface area contributed by atoms with E-state index >= 15 is 0 Å². The Morgan fingerprint density at radius 2 is 1.33 bits per heavy atom. The average Bonchev–Trinajstić information content (AvgIpc) is 2.87. The van der Waals surface area contributed by atoms with Gasteiger partial charge >= 0.3 is 11.9 Å². The molecular formula is C29H53BN4O8. The summed E-state index contributed by atoms with van der Waals surface area (Å²) in [5, 5.41) is 26.4. The molecule has 0 aromatic heterocycles. The van der Waals surface area contributed by atoms with E-state index in [2.05, 4.69) is 51.5 Å². The number of hydrogen-bond acceptors (Lipinski definition) is 7. The first-order valence-corrected chi connectivity index (χ1v) is 15.0. The second-order valence-corrected chi connectivity index (χ2v) is 12.7. The van der Waals surface area contributed by atoms with Crippen LogP contribution in [-0.4, -0.2) is 78.7 Å². The van der Waals surface area contributed by atoms with Crippen LogP contribution in [0.25, 0.3) is 0 Å². The number of nitrogens with one attached hydrogen (secondary N) is 3. The van der Waals surface area contributed by atoms with E-state index in [0.717, 1.165) is 25.7 Å². The summed E-state index contributed by atoms with van der Waals surface area (Å²) in [7, 11) is 2.17. The van der Waals surface area contributed by atoms with Crippen molar-refractivity contribution in [3.8, 4) is 0 Å². The molecule has 0 radical (unpaired) electrons. The molecular weight excluding hydrogens is 543 g/mol. The number of unbranched alkanes of at least 4 members (excludes halogenated alkanes) is 1. The zero-order chi connectivity index (χ0) is 32.3. The van der Waals surface area contributed by atoms with Crippen LogP contribution in [0.1, 0.15) is 111 Å². The first kappa shape index (κ1) is 39.0. The Balaban J connectivity index is 4.58. The predicted molar refractivity (Wildman–Crippen MR) is 163 cm³/mol. The molecule has 4 atom stereocenters. The lowest BCUT2D eigenvalue weighted by molar-refractivity contribution is -0.143. The Bertz CT molecular complexity index is 897. The second-order valence-electron chi connectivity index (χ2n) is 12.7. The van der Waals surface area contributed by atoms with Crippen LogP contribution in [0.15, 0.2) is 0 Å². The highest BCUT2D eigenvalue weighted by Gasteiger charge is 2.29. The van der Waals surface area contributed by atoms with Crippen LogP contribution in [0, 0.1) is 5.41 Å². The number of carboxylic acids is 2. The van der Waals surface area contributed by atoms with Gasteiger partial charge in [-0.1, -0.05) is 45.9 Å². The van der Waals surface area contributed by atoms with Gasteiger partial charge in [0.1, 0.15) is 26.2 Å². The van der Waals surface area contributed by atoms with Gasteiger partial charge in [0.15, 0.2) is 0 Å². The van der Waals surface area contributed by atoms with E-state index in [4.69, 9.17) is 5.73 Å². The van der Waals surface area contributed by atoms with Crippen LogP contribution in [0.4, 0.5) is 0 Å². The summed E-state index contributed by atoms with van der Waals surface area (Å²) >= 11 is 0. The van der Waals surface area contributed by atoms with E-state index in [-0.39, 0.29) is 48.7 Å². The van der Waals surface area contributed by atoms with Crippen molar-refractivity contribution in [3.63, 3.8) is 0 Å². The molecule has 0 saturated heterocycles. The number of rotatable bonds is 24. The number of aliphatic carboxylic acids is 2. The van der Waals surface area contributed by atoms with Gasteiger partial charge < -0.3 is 36.7 Å². The number of nitrogens with two attached hydrogens (primary N) is 1. The van der Waals surface area contributed by atoms with E-state index in [9.17, 15) is 39.0 Å². The zero-order valence-corrected chi connectivity index (χ0v) is 26.1. The highest BCUT2D eigenvalue weighted by atomic mass is 16.4. The van der Waals surface area contributed by atoms with Crippen LogP contribution in [0.5, 0.6) is 0 Å². The Hall–Kier alpha value is -2.96. The summed E-state index contributed by atoms with van der Waals surface area (Å²) in [5.74, 6) is -4.07. The van der Waals surface area contributed by atoms with Crippen LogP contribution in [0.3, 0.4) is 0 Å². The lowest BCUT2D eigenvalue weighted by atomic mass is 9.59. The minimum Gasteiger partial charge on any atom is -0.480 e. The van der Waals surface area contributed by atoms with E-state index < -0.39 is 41.9 Å². The van der Waals surface area contributed by atoms with E-state index in [0.29, 0.717) is 38.5 Å². The zero-order valence-electron chi connectivity index (χ0n) is 26.1. The van der Waals surface area contributed by atoms with Gasteiger partial charge in [-0.15, -0.1) is 0 Å². The summed E-state index contributed by atoms with van der Waals surface area (Å²) in [6, 6.07) is -3.13. The topological polar surface area (TPSA) is 205 Å². The number of hydrogen-bond donors (Lipinski definition) is 6. The number of carbonyl (C=O) groups is 6. The fraction of sp³-hybridized carbons (Fsp3) is 0.793. The Morgan fingerprint density at radius 3 is 1.83 bits per heavy atom. The lowest BCUT2D eigenvalue weighted by Crippen LogP contribution is -2.44. The summed E-state index contributed by atoms with van der Waals surface area (Å²) in [4.78, 5) is 70.6. The van der Waals surface area contributed by atoms with Crippen LogP contribution >= 0.6 is 0 Å². The van der Waals surface area contributed by atoms with Crippen molar-refractivity contribution in [3.05, 3.63) is 0 Å². The van der Waals surface area contributed by atoms with E-state index in [1.54, 1.807) is 0 Å². The molecule has 240 valence electrons. The number of carbonyl (C=O) groups excluding carboxylic acids is 4. The summed E-state index contributed by atoms with van der Waals surface area (Å²) < 4.78 is 0. The molecule has 0 fully saturated rings. The average molecular weight is 597 g/mol. The van der Waals surface area contributed by atoms with Crippen molar-refractivity contribution in [2.45, 2.75) is 135 Å². The van der Waals surface area contributed by atoms with Crippen LogP contribution in [0.2, 0.25) is 5.31 Å². The summed E-state index contributed by atoms with van der Waals surface area (Å²) in [6.07, 6.45) is 6.49. The molecule has 0 aliphatic carbocycles. The van der Waals surface area contributed by atoms with Crippen LogP contribution in [-0.2, 0) is 28.8 Å². The van der Waals surface area contributed by atoms with Crippen molar-refractivity contribution < 1.29 is 39.0 Å². The molecule has 12 nitrogen and oxygen atoms in total. The van der Waals surface area contributed by atoms with Gasteiger partial charge in [-0.2, -0.15) is 0 Å². The Morgan fingerprint density at radius 1 is 0.810 bits per heavy atom. The minimum atomic E-state index is -1.32. The van der Waals surface area contributed by atoms with Gasteiger partial charge in [0.2, 0.25) is 17.7 Å². The largest absolute Gasteiger partial charge is 0.480 e. The molecule has 0 aliphatic heterocycles. The Kier molecular flexibility index (Phi) is 18.6. The van der Waals surface area contributed by atoms with Crippen molar-refractivity contribution in [2.75, 3.05) is 6.54 Å². The molecule has 0 aromatic rings. The fourth-order valence-corrected chi connectivity index (χ4v) is 5.36. The molecule has 13 heteroatoms.